The van der Waals surface area contributed by atoms with Crippen molar-refractivity contribution in [3.63, 3.8) is 0 Å². The molecule has 2 saturated heterocycles. The Morgan fingerprint density at radius 1 is 0.879 bits per heavy atom. The minimum absolute atomic E-state index is 0.0619. The molecule has 0 bridgehead atoms. The van der Waals surface area contributed by atoms with Gasteiger partial charge in [-0.25, -0.2) is 0 Å². The zero-order valence-corrected chi connectivity index (χ0v) is 19.4. The van der Waals surface area contributed by atoms with Crippen molar-refractivity contribution >= 4 is 23.1 Å². The highest BCUT2D eigenvalue weighted by Gasteiger charge is 2.43. The summed E-state index contributed by atoms with van der Waals surface area (Å²) < 4.78 is 5.75. The number of hydrogen-bond acceptors (Lipinski definition) is 5. The van der Waals surface area contributed by atoms with Gasteiger partial charge >= 0.3 is 0 Å². The molecule has 3 aliphatic heterocycles. The third-order valence-corrected chi connectivity index (χ3v) is 7.07. The summed E-state index contributed by atoms with van der Waals surface area (Å²) in [6, 6.07) is 16.4. The van der Waals surface area contributed by atoms with E-state index in [9.17, 15) is 9.59 Å². The van der Waals surface area contributed by atoms with Gasteiger partial charge in [0.1, 0.15) is 5.70 Å². The Hall–Kier alpha value is -3.12. The Bertz CT molecular complexity index is 1080. The Morgan fingerprint density at radius 3 is 2.27 bits per heavy atom. The molecule has 33 heavy (non-hydrogen) atoms. The number of benzene rings is 2. The Balaban J connectivity index is 1.45. The molecule has 6 heteroatoms. The van der Waals surface area contributed by atoms with Crippen LogP contribution in [0.2, 0.25) is 0 Å². The summed E-state index contributed by atoms with van der Waals surface area (Å²) in [5.74, 6) is -0.379. The number of imide groups is 1. The van der Waals surface area contributed by atoms with Crippen LogP contribution in [-0.2, 0) is 14.3 Å². The first-order valence-electron chi connectivity index (χ1n) is 11.9. The first-order valence-corrected chi connectivity index (χ1v) is 11.9. The molecular formula is C27H31N3O3. The minimum Gasteiger partial charge on any atom is -0.376 e. The van der Waals surface area contributed by atoms with E-state index in [0.717, 1.165) is 37.1 Å². The van der Waals surface area contributed by atoms with Gasteiger partial charge in [0.15, 0.2) is 0 Å². The molecule has 2 amide bonds. The lowest BCUT2D eigenvalue weighted by Crippen LogP contribution is -2.48. The van der Waals surface area contributed by atoms with E-state index >= 15 is 0 Å². The number of para-hydroxylation sites is 1. The Morgan fingerprint density at radius 2 is 1.61 bits per heavy atom. The molecule has 2 aromatic carbocycles. The number of nitrogens with zero attached hydrogens (tertiary/aromatic N) is 3. The van der Waals surface area contributed by atoms with E-state index in [1.807, 2.05) is 43.3 Å². The highest BCUT2D eigenvalue weighted by molar-refractivity contribution is 6.35. The minimum atomic E-state index is -0.195. The fourth-order valence-electron chi connectivity index (χ4n) is 5.00. The van der Waals surface area contributed by atoms with Crippen LogP contribution in [0.15, 0.2) is 54.2 Å². The monoisotopic (exact) mass is 445 g/mol. The van der Waals surface area contributed by atoms with Crippen LogP contribution in [0.4, 0.5) is 5.69 Å². The average molecular weight is 446 g/mol. The summed E-state index contributed by atoms with van der Waals surface area (Å²) in [4.78, 5) is 33.1. The summed E-state index contributed by atoms with van der Waals surface area (Å²) in [6.45, 7) is 8.15. The van der Waals surface area contributed by atoms with Gasteiger partial charge in [0.05, 0.1) is 18.2 Å². The predicted octanol–water partition coefficient (Wildman–Crippen LogP) is 3.38. The number of carbonyl (C=O) groups excluding carboxylic acids is 2. The number of hydrogen-bond donors (Lipinski definition) is 0. The van der Waals surface area contributed by atoms with Gasteiger partial charge < -0.3 is 14.5 Å². The smallest absolute Gasteiger partial charge is 0.277 e. The van der Waals surface area contributed by atoms with Crippen LogP contribution in [0.3, 0.4) is 0 Å². The number of ether oxygens (including phenoxy) is 1. The lowest BCUT2D eigenvalue weighted by Gasteiger charge is -2.37. The van der Waals surface area contributed by atoms with Crippen molar-refractivity contribution in [3.05, 3.63) is 70.9 Å². The highest BCUT2D eigenvalue weighted by Crippen LogP contribution is 2.34. The van der Waals surface area contributed by atoms with Gasteiger partial charge in [-0.3, -0.25) is 14.5 Å². The molecule has 6 nitrogen and oxygen atoms in total. The highest BCUT2D eigenvalue weighted by atomic mass is 16.5. The van der Waals surface area contributed by atoms with E-state index < -0.39 is 0 Å². The molecule has 1 atom stereocenters. The van der Waals surface area contributed by atoms with Crippen molar-refractivity contribution in [2.45, 2.75) is 32.8 Å². The molecule has 0 N–H and O–H groups in total. The van der Waals surface area contributed by atoms with Gasteiger partial charge in [-0.2, -0.15) is 0 Å². The summed E-state index contributed by atoms with van der Waals surface area (Å²) in [6.07, 6.45) is 1.81. The zero-order chi connectivity index (χ0) is 22.9. The van der Waals surface area contributed by atoms with Crippen molar-refractivity contribution < 1.29 is 14.3 Å². The molecule has 0 aromatic heterocycles. The molecule has 2 fully saturated rings. The first kappa shape index (κ1) is 21.7. The van der Waals surface area contributed by atoms with Gasteiger partial charge in [0.2, 0.25) is 0 Å². The SMILES string of the molecule is Cc1ccc(C2=C(N3CCN(c4ccccc4)CC3)C(=O)N(CC3CCCO3)C2=O)cc1C. The van der Waals surface area contributed by atoms with E-state index in [1.54, 1.807) is 0 Å². The maximum absolute atomic E-state index is 13.6. The van der Waals surface area contributed by atoms with Crippen LogP contribution in [0.1, 0.15) is 29.5 Å². The van der Waals surface area contributed by atoms with Gasteiger partial charge in [-0.15, -0.1) is 0 Å². The van der Waals surface area contributed by atoms with E-state index in [-0.39, 0.29) is 17.9 Å². The lowest BCUT2D eigenvalue weighted by atomic mass is 9.99. The fraction of sp³-hybridized carbons (Fsp3) is 0.407. The van der Waals surface area contributed by atoms with Gasteiger partial charge in [0, 0.05) is 38.5 Å². The second-order valence-corrected chi connectivity index (χ2v) is 9.19. The Labute approximate surface area is 195 Å². The Kier molecular flexibility index (Phi) is 5.94. The first-order chi connectivity index (χ1) is 16.0. The molecule has 3 aliphatic rings. The molecule has 3 heterocycles. The third-order valence-electron chi connectivity index (χ3n) is 7.07. The maximum Gasteiger partial charge on any atom is 0.277 e. The number of aryl methyl sites for hydroxylation is 2. The standard InChI is InChI=1S/C27H31N3O3/c1-19-10-11-21(17-20(19)2)24-25(27(32)30(26(24)31)18-23-9-6-16-33-23)29-14-12-28(13-15-29)22-7-4-3-5-8-22/h3-5,7-8,10-11,17,23H,6,9,12-16,18H2,1-2H3. The van der Waals surface area contributed by atoms with E-state index in [1.165, 1.54) is 16.2 Å². The number of anilines is 1. The topological polar surface area (TPSA) is 53.1 Å². The number of carbonyl (C=O) groups is 2. The quantitative estimate of drug-likeness (QED) is 0.661. The van der Waals surface area contributed by atoms with E-state index in [2.05, 4.69) is 28.9 Å². The predicted molar refractivity (Wildman–Crippen MR) is 129 cm³/mol. The van der Waals surface area contributed by atoms with E-state index in [0.29, 0.717) is 37.5 Å². The molecule has 0 radical (unpaired) electrons. The van der Waals surface area contributed by atoms with Gasteiger partial charge in [0.25, 0.3) is 11.8 Å². The van der Waals surface area contributed by atoms with Crippen LogP contribution in [0.5, 0.6) is 0 Å². The maximum atomic E-state index is 13.6. The number of piperazine rings is 1. The molecule has 2 aromatic rings. The normalized spacial score (nSPS) is 21.5. The number of rotatable bonds is 5. The van der Waals surface area contributed by atoms with Crippen LogP contribution in [0.25, 0.3) is 5.57 Å². The van der Waals surface area contributed by atoms with Crippen molar-refractivity contribution in [2.75, 3.05) is 44.2 Å². The van der Waals surface area contributed by atoms with Crippen LogP contribution in [0, 0.1) is 13.8 Å². The largest absolute Gasteiger partial charge is 0.376 e. The molecule has 0 spiro atoms. The van der Waals surface area contributed by atoms with Crippen molar-refractivity contribution in [3.8, 4) is 0 Å². The summed E-state index contributed by atoms with van der Waals surface area (Å²) in [5.41, 5.74) is 5.39. The summed E-state index contributed by atoms with van der Waals surface area (Å²) >= 11 is 0. The van der Waals surface area contributed by atoms with Crippen LogP contribution in [-0.4, -0.2) is 67.0 Å². The zero-order valence-electron chi connectivity index (χ0n) is 19.4. The molecule has 1 unspecified atom stereocenters. The van der Waals surface area contributed by atoms with Crippen LogP contribution >= 0.6 is 0 Å². The van der Waals surface area contributed by atoms with Gasteiger partial charge in [-0.1, -0.05) is 36.4 Å². The third kappa shape index (κ3) is 4.15. The van der Waals surface area contributed by atoms with Crippen molar-refractivity contribution in [2.24, 2.45) is 0 Å². The van der Waals surface area contributed by atoms with E-state index in [4.69, 9.17) is 4.74 Å². The van der Waals surface area contributed by atoms with Crippen LogP contribution < -0.4 is 4.90 Å². The summed E-state index contributed by atoms with van der Waals surface area (Å²) in [5, 5.41) is 0. The average Bonchev–Trinajstić information content (AvgIpc) is 3.44. The molecule has 5 rings (SSSR count). The molecular weight excluding hydrogens is 414 g/mol. The molecule has 0 saturated carbocycles. The van der Waals surface area contributed by atoms with Crippen molar-refractivity contribution in [1.82, 2.24) is 9.80 Å². The number of amides is 2. The molecule has 0 aliphatic carbocycles. The fourth-order valence-corrected chi connectivity index (χ4v) is 5.00. The van der Waals surface area contributed by atoms with Gasteiger partial charge in [-0.05, 0) is 55.5 Å². The second-order valence-electron chi connectivity index (χ2n) is 9.19. The second kappa shape index (κ2) is 9.02. The lowest BCUT2D eigenvalue weighted by molar-refractivity contribution is -0.139. The van der Waals surface area contributed by atoms with Crippen molar-refractivity contribution in [1.29, 1.82) is 0 Å². The summed E-state index contributed by atoms with van der Waals surface area (Å²) in [7, 11) is 0. The molecule has 172 valence electrons.